The first kappa shape index (κ1) is 13.9. The molecule has 2 heterocycles. The second kappa shape index (κ2) is 6.58. The quantitative estimate of drug-likeness (QED) is 0.647. The van der Waals surface area contributed by atoms with Gasteiger partial charge in [-0.25, -0.2) is 0 Å². The van der Waals surface area contributed by atoms with Gasteiger partial charge in [-0.05, 0) is 40.5 Å². The number of ether oxygens (including phenoxy) is 2. The maximum absolute atomic E-state index is 5.14. The smallest absolute Gasteiger partial charge is 0.130 e. The summed E-state index contributed by atoms with van der Waals surface area (Å²) in [6.07, 6.45) is 2.63. The van der Waals surface area contributed by atoms with Crippen molar-refractivity contribution in [2.24, 2.45) is 0 Å². The molecule has 0 N–H and O–H groups in total. The SMILES string of the molecule is CC1=C(C)N(C)CCC1.CC1=C(C)OCCO1. The van der Waals surface area contributed by atoms with E-state index in [0.717, 1.165) is 11.5 Å². The molecule has 0 amide bonds. The summed E-state index contributed by atoms with van der Waals surface area (Å²) in [6, 6.07) is 0. The lowest BCUT2D eigenvalue weighted by Gasteiger charge is -2.26. The highest BCUT2D eigenvalue weighted by Crippen LogP contribution is 2.18. The fourth-order valence-electron chi connectivity index (χ4n) is 1.85. The van der Waals surface area contributed by atoms with E-state index in [4.69, 9.17) is 9.47 Å². The van der Waals surface area contributed by atoms with Gasteiger partial charge < -0.3 is 14.4 Å². The van der Waals surface area contributed by atoms with Gasteiger partial charge in [-0.2, -0.15) is 0 Å². The van der Waals surface area contributed by atoms with Crippen LogP contribution in [0.4, 0.5) is 0 Å². The van der Waals surface area contributed by atoms with Crippen LogP contribution in [-0.2, 0) is 9.47 Å². The van der Waals surface area contributed by atoms with Crippen LogP contribution >= 0.6 is 0 Å². The maximum atomic E-state index is 5.14. The average Bonchev–Trinajstić information content (AvgIpc) is 2.31. The van der Waals surface area contributed by atoms with Gasteiger partial charge in [0.25, 0.3) is 0 Å². The number of hydrogen-bond donors (Lipinski definition) is 0. The van der Waals surface area contributed by atoms with Crippen LogP contribution in [0.3, 0.4) is 0 Å². The molecule has 0 bridgehead atoms. The largest absolute Gasteiger partial charge is 0.491 e. The van der Waals surface area contributed by atoms with Crippen molar-refractivity contribution in [3.05, 3.63) is 22.8 Å². The van der Waals surface area contributed by atoms with Crippen molar-refractivity contribution in [1.82, 2.24) is 4.90 Å². The number of hydrogen-bond acceptors (Lipinski definition) is 3. The molecule has 2 aliphatic rings. The summed E-state index contributed by atoms with van der Waals surface area (Å²) in [6.45, 7) is 10.9. The Kier molecular flexibility index (Phi) is 5.39. The van der Waals surface area contributed by atoms with Crippen LogP contribution in [0.25, 0.3) is 0 Å². The van der Waals surface area contributed by atoms with E-state index in [9.17, 15) is 0 Å². The van der Waals surface area contributed by atoms with E-state index < -0.39 is 0 Å². The van der Waals surface area contributed by atoms with Crippen molar-refractivity contribution in [3.63, 3.8) is 0 Å². The molecule has 0 aromatic rings. The summed E-state index contributed by atoms with van der Waals surface area (Å²) < 4.78 is 10.3. The van der Waals surface area contributed by atoms with Crippen molar-refractivity contribution in [3.8, 4) is 0 Å². The minimum Gasteiger partial charge on any atom is -0.491 e. The molecule has 2 aliphatic heterocycles. The summed E-state index contributed by atoms with van der Waals surface area (Å²) in [5.74, 6) is 1.83. The van der Waals surface area contributed by atoms with Gasteiger partial charge in [0.2, 0.25) is 0 Å². The van der Waals surface area contributed by atoms with Gasteiger partial charge >= 0.3 is 0 Å². The first-order valence-corrected chi connectivity index (χ1v) is 6.33. The van der Waals surface area contributed by atoms with Crippen molar-refractivity contribution in [1.29, 1.82) is 0 Å². The van der Waals surface area contributed by atoms with Crippen molar-refractivity contribution in [2.75, 3.05) is 26.8 Å². The summed E-state index contributed by atoms with van der Waals surface area (Å²) in [4.78, 5) is 2.33. The first-order chi connectivity index (χ1) is 8.02. The third kappa shape index (κ3) is 4.33. The Morgan fingerprint density at radius 3 is 1.82 bits per heavy atom. The Balaban J connectivity index is 0.000000171. The van der Waals surface area contributed by atoms with Gasteiger partial charge in [0, 0.05) is 19.3 Å². The molecule has 0 saturated carbocycles. The molecule has 2 rings (SSSR count). The fraction of sp³-hybridized carbons (Fsp3) is 0.714. The zero-order valence-corrected chi connectivity index (χ0v) is 11.8. The highest BCUT2D eigenvalue weighted by atomic mass is 16.6. The average molecular weight is 239 g/mol. The number of nitrogens with zero attached hydrogens (tertiary/aromatic N) is 1. The molecule has 0 aliphatic carbocycles. The Labute approximate surface area is 105 Å². The number of allylic oxidation sites excluding steroid dienone is 4. The molecule has 3 nitrogen and oxygen atoms in total. The summed E-state index contributed by atoms with van der Waals surface area (Å²) in [7, 11) is 2.16. The van der Waals surface area contributed by atoms with E-state index >= 15 is 0 Å². The van der Waals surface area contributed by atoms with Crippen LogP contribution in [0.1, 0.15) is 40.5 Å². The van der Waals surface area contributed by atoms with Crippen molar-refractivity contribution < 1.29 is 9.47 Å². The molecule has 0 spiro atoms. The molecule has 0 fully saturated rings. The van der Waals surface area contributed by atoms with Gasteiger partial charge in [-0.3, -0.25) is 0 Å². The van der Waals surface area contributed by atoms with Crippen LogP contribution in [-0.4, -0.2) is 31.7 Å². The highest BCUT2D eigenvalue weighted by molar-refractivity contribution is 5.10. The Morgan fingerprint density at radius 2 is 1.47 bits per heavy atom. The molecule has 0 atom stereocenters. The van der Waals surface area contributed by atoms with Gasteiger partial charge in [0.05, 0.1) is 0 Å². The minimum atomic E-state index is 0.698. The van der Waals surface area contributed by atoms with Crippen molar-refractivity contribution >= 4 is 0 Å². The van der Waals surface area contributed by atoms with E-state index in [2.05, 4.69) is 25.8 Å². The zero-order valence-electron chi connectivity index (χ0n) is 11.8. The molecule has 0 unspecified atom stereocenters. The molecular weight excluding hydrogens is 214 g/mol. The standard InChI is InChI=1S/C8H15N.C6H10O2/c1-7-5-4-6-9(3)8(7)2;1-5-6(2)8-4-3-7-5/h4-6H2,1-3H3;3-4H2,1-2H3. The number of rotatable bonds is 0. The van der Waals surface area contributed by atoms with Crippen LogP contribution in [0.15, 0.2) is 22.8 Å². The second-order valence-corrected chi connectivity index (χ2v) is 4.70. The zero-order chi connectivity index (χ0) is 12.8. The Hall–Kier alpha value is -1.12. The van der Waals surface area contributed by atoms with Gasteiger partial charge in [-0.15, -0.1) is 0 Å². The molecular formula is C14H25NO2. The molecule has 3 heteroatoms. The molecule has 0 radical (unpaired) electrons. The molecule has 0 aromatic heterocycles. The van der Waals surface area contributed by atoms with Crippen molar-refractivity contribution in [2.45, 2.75) is 40.5 Å². The monoisotopic (exact) mass is 239 g/mol. The van der Waals surface area contributed by atoms with Crippen LogP contribution in [0.2, 0.25) is 0 Å². The molecule has 0 saturated heterocycles. The summed E-state index contributed by atoms with van der Waals surface area (Å²) >= 11 is 0. The minimum absolute atomic E-state index is 0.698. The van der Waals surface area contributed by atoms with Crippen LogP contribution < -0.4 is 0 Å². The lowest BCUT2D eigenvalue weighted by Crippen LogP contribution is -2.22. The predicted molar refractivity (Wildman–Crippen MR) is 70.5 cm³/mol. The van der Waals surface area contributed by atoms with Gasteiger partial charge in [-0.1, -0.05) is 5.57 Å². The van der Waals surface area contributed by atoms with E-state index in [1.807, 2.05) is 13.8 Å². The van der Waals surface area contributed by atoms with E-state index in [1.54, 1.807) is 5.57 Å². The third-order valence-corrected chi connectivity index (χ3v) is 3.45. The van der Waals surface area contributed by atoms with E-state index in [0.29, 0.717) is 13.2 Å². The van der Waals surface area contributed by atoms with E-state index in [1.165, 1.54) is 25.1 Å². The van der Waals surface area contributed by atoms with E-state index in [-0.39, 0.29) is 0 Å². The first-order valence-electron chi connectivity index (χ1n) is 6.33. The van der Waals surface area contributed by atoms with Gasteiger partial charge in [0.15, 0.2) is 0 Å². The third-order valence-electron chi connectivity index (χ3n) is 3.45. The maximum Gasteiger partial charge on any atom is 0.130 e. The predicted octanol–water partition coefficient (Wildman–Crippen LogP) is 3.29. The lowest BCUT2D eigenvalue weighted by molar-refractivity contribution is 0.0648. The Bertz CT molecular complexity index is 304. The lowest BCUT2D eigenvalue weighted by atomic mass is 10.1. The van der Waals surface area contributed by atoms with Gasteiger partial charge in [0.1, 0.15) is 24.7 Å². The van der Waals surface area contributed by atoms with Crippen LogP contribution in [0.5, 0.6) is 0 Å². The fourth-order valence-corrected chi connectivity index (χ4v) is 1.85. The summed E-state index contributed by atoms with van der Waals surface area (Å²) in [5.41, 5.74) is 3.03. The molecule has 98 valence electrons. The Morgan fingerprint density at radius 1 is 0.941 bits per heavy atom. The highest BCUT2D eigenvalue weighted by Gasteiger charge is 2.08. The molecule has 0 aromatic carbocycles. The topological polar surface area (TPSA) is 21.7 Å². The second-order valence-electron chi connectivity index (χ2n) is 4.70. The summed E-state index contributed by atoms with van der Waals surface area (Å²) in [5, 5.41) is 0. The van der Waals surface area contributed by atoms with Crippen LogP contribution in [0, 0.1) is 0 Å². The normalized spacial score (nSPS) is 20.4. The molecule has 17 heavy (non-hydrogen) atoms.